The second-order valence-electron chi connectivity index (χ2n) is 4.06. The van der Waals surface area contributed by atoms with E-state index in [1.54, 1.807) is 19.1 Å². The number of hydrogen-bond donors (Lipinski definition) is 3. The molecule has 3 N–H and O–H groups in total. The average molecular weight is 250 g/mol. The third-order valence-corrected chi connectivity index (χ3v) is 2.45. The molecule has 0 aliphatic carbocycles. The highest BCUT2D eigenvalue weighted by atomic mass is 16.4. The molecular formula is C13H18N2O3. The molecule has 0 atom stereocenters. The molecule has 18 heavy (non-hydrogen) atoms. The summed E-state index contributed by atoms with van der Waals surface area (Å²) in [7, 11) is 0. The number of aryl methyl sites for hydroxylation is 1. The van der Waals surface area contributed by atoms with Gasteiger partial charge in [0.25, 0.3) is 0 Å². The first-order chi connectivity index (χ1) is 8.54. The molecule has 1 aromatic carbocycles. The van der Waals surface area contributed by atoms with Crippen LogP contribution in [0.15, 0.2) is 18.2 Å². The van der Waals surface area contributed by atoms with Crippen molar-refractivity contribution in [2.75, 3.05) is 18.4 Å². The van der Waals surface area contributed by atoms with E-state index >= 15 is 0 Å². The van der Waals surface area contributed by atoms with Crippen LogP contribution >= 0.6 is 0 Å². The average Bonchev–Trinajstić information content (AvgIpc) is 2.28. The molecule has 0 saturated heterocycles. The lowest BCUT2D eigenvalue weighted by atomic mass is 10.1. The number of carboxylic acid groups (broad SMARTS) is 1. The number of benzene rings is 1. The molecule has 1 rings (SSSR count). The smallest absolute Gasteiger partial charge is 0.335 e. The van der Waals surface area contributed by atoms with E-state index in [1.165, 1.54) is 6.07 Å². The van der Waals surface area contributed by atoms with Crippen molar-refractivity contribution in [3.63, 3.8) is 0 Å². The number of carbonyl (C=O) groups excluding carboxylic acids is 1. The predicted octanol–water partition coefficient (Wildman–Crippen LogP) is 1.63. The molecule has 1 amide bonds. The summed E-state index contributed by atoms with van der Waals surface area (Å²) >= 11 is 0. The fourth-order valence-corrected chi connectivity index (χ4v) is 1.57. The molecule has 0 heterocycles. The summed E-state index contributed by atoms with van der Waals surface area (Å²) in [5.41, 5.74) is 1.49. The number of rotatable bonds is 6. The van der Waals surface area contributed by atoms with Crippen molar-refractivity contribution in [2.45, 2.75) is 20.3 Å². The van der Waals surface area contributed by atoms with Crippen molar-refractivity contribution in [1.82, 2.24) is 5.32 Å². The summed E-state index contributed by atoms with van der Waals surface area (Å²) < 4.78 is 0. The van der Waals surface area contributed by atoms with E-state index in [9.17, 15) is 9.59 Å². The molecule has 0 saturated carbocycles. The van der Waals surface area contributed by atoms with Crippen LogP contribution in [0.2, 0.25) is 0 Å². The second-order valence-corrected chi connectivity index (χ2v) is 4.06. The first-order valence-corrected chi connectivity index (χ1v) is 5.89. The van der Waals surface area contributed by atoms with Crippen molar-refractivity contribution >= 4 is 17.6 Å². The van der Waals surface area contributed by atoms with Crippen LogP contribution in [0.4, 0.5) is 5.69 Å². The fourth-order valence-electron chi connectivity index (χ4n) is 1.57. The van der Waals surface area contributed by atoms with Crippen LogP contribution in [-0.4, -0.2) is 30.1 Å². The van der Waals surface area contributed by atoms with Gasteiger partial charge in [-0.25, -0.2) is 4.79 Å². The van der Waals surface area contributed by atoms with E-state index in [-0.39, 0.29) is 18.0 Å². The SMILES string of the molecule is CCCNCC(=O)Nc1ccc(C(=O)O)c(C)c1. The highest BCUT2D eigenvalue weighted by Gasteiger charge is 2.08. The van der Waals surface area contributed by atoms with E-state index in [0.29, 0.717) is 11.3 Å². The monoisotopic (exact) mass is 250 g/mol. The van der Waals surface area contributed by atoms with E-state index in [1.807, 2.05) is 6.92 Å². The molecule has 0 aliphatic heterocycles. The number of hydrogen-bond acceptors (Lipinski definition) is 3. The van der Waals surface area contributed by atoms with E-state index in [0.717, 1.165) is 13.0 Å². The standard InChI is InChI=1S/C13H18N2O3/c1-3-6-14-8-12(16)15-10-4-5-11(13(17)18)9(2)7-10/h4-5,7,14H,3,6,8H2,1-2H3,(H,15,16)(H,17,18). The normalized spacial score (nSPS) is 10.1. The van der Waals surface area contributed by atoms with Crippen molar-refractivity contribution in [1.29, 1.82) is 0 Å². The van der Waals surface area contributed by atoms with Crippen LogP contribution in [0.25, 0.3) is 0 Å². The Kier molecular flexibility index (Phi) is 5.32. The maximum Gasteiger partial charge on any atom is 0.335 e. The van der Waals surface area contributed by atoms with Crippen molar-refractivity contribution in [3.8, 4) is 0 Å². The van der Waals surface area contributed by atoms with Crippen molar-refractivity contribution < 1.29 is 14.7 Å². The minimum atomic E-state index is -0.963. The maximum absolute atomic E-state index is 11.5. The summed E-state index contributed by atoms with van der Waals surface area (Å²) in [6, 6.07) is 4.74. The van der Waals surface area contributed by atoms with Crippen molar-refractivity contribution in [2.24, 2.45) is 0 Å². The Bertz CT molecular complexity index is 444. The van der Waals surface area contributed by atoms with Gasteiger partial charge in [0.05, 0.1) is 12.1 Å². The van der Waals surface area contributed by atoms with Gasteiger partial charge in [-0.1, -0.05) is 6.92 Å². The van der Waals surface area contributed by atoms with Gasteiger partial charge in [-0.2, -0.15) is 0 Å². The van der Waals surface area contributed by atoms with Gasteiger partial charge < -0.3 is 15.7 Å². The van der Waals surface area contributed by atoms with Gasteiger partial charge in [0.15, 0.2) is 0 Å². The Labute approximate surface area is 106 Å². The second kappa shape index (κ2) is 6.76. The maximum atomic E-state index is 11.5. The minimum Gasteiger partial charge on any atom is -0.478 e. The Morgan fingerprint density at radius 1 is 1.33 bits per heavy atom. The molecule has 0 radical (unpaired) electrons. The van der Waals surface area contributed by atoms with Gasteiger partial charge in [-0.15, -0.1) is 0 Å². The zero-order chi connectivity index (χ0) is 13.5. The first kappa shape index (κ1) is 14.2. The van der Waals surface area contributed by atoms with E-state index < -0.39 is 5.97 Å². The molecule has 5 nitrogen and oxygen atoms in total. The summed E-state index contributed by atoms with van der Waals surface area (Å²) in [4.78, 5) is 22.4. The lowest BCUT2D eigenvalue weighted by Crippen LogP contribution is -2.28. The van der Waals surface area contributed by atoms with Crippen LogP contribution < -0.4 is 10.6 Å². The number of anilines is 1. The van der Waals surface area contributed by atoms with Gasteiger partial charge in [0, 0.05) is 5.69 Å². The van der Waals surface area contributed by atoms with Crippen LogP contribution in [0, 0.1) is 6.92 Å². The summed E-state index contributed by atoms with van der Waals surface area (Å²) in [6.45, 7) is 4.78. The zero-order valence-corrected chi connectivity index (χ0v) is 10.6. The lowest BCUT2D eigenvalue weighted by molar-refractivity contribution is -0.115. The molecule has 1 aromatic rings. The number of amides is 1. The topological polar surface area (TPSA) is 78.4 Å². The molecule has 0 bridgehead atoms. The van der Waals surface area contributed by atoms with Gasteiger partial charge >= 0.3 is 5.97 Å². The van der Waals surface area contributed by atoms with Crippen molar-refractivity contribution in [3.05, 3.63) is 29.3 Å². The van der Waals surface area contributed by atoms with E-state index in [4.69, 9.17) is 5.11 Å². The summed E-state index contributed by atoms with van der Waals surface area (Å²) in [5.74, 6) is -1.10. The number of carbonyl (C=O) groups is 2. The Morgan fingerprint density at radius 3 is 2.61 bits per heavy atom. The quantitative estimate of drug-likeness (QED) is 0.670. The van der Waals surface area contributed by atoms with Gasteiger partial charge in [-0.3, -0.25) is 4.79 Å². The Hall–Kier alpha value is -1.88. The molecule has 0 fully saturated rings. The highest BCUT2D eigenvalue weighted by Crippen LogP contribution is 2.15. The largest absolute Gasteiger partial charge is 0.478 e. The third-order valence-electron chi connectivity index (χ3n) is 2.45. The highest BCUT2D eigenvalue weighted by molar-refractivity contribution is 5.94. The van der Waals surface area contributed by atoms with Crippen LogP contribution in [0.5, 0.6) is 0 Å². The number of aromatic carboxylic acids is 1. The third kappa shape index (κ3) is 4.18. The summed E-state index contributed by atoms with van der Waals surface area (Å²) in [5, 5.41) is 14.6. The van der Waals surface area contributed by atoms with Gasteiger partial charge in [0.2, 0.25) is 5.91 Å². The Morgan fingerprint density at radius 2 is 2.06 bits per heavy atom. The Balaban J connectivity index is 2.60. The van der Waals surface area contributed by atoms with Gasteiger partial charge in [0.1, 0.15) is 0 Å². The van der Waals surface area contributed by atoms with Crippen LogP contribution in [-0.2, 0) is 4.79 Å². The lowest BCUT2D eigenvalue weighted by Gasteiger charge is -2.08. The number of nitrogens with one attached hydrogen (secondary N) is 2. The molecule has 98 valence electrons. The zero-order valence-electron chi connectivity index (χ0n) is 10.6. The molecule has 0 aromatic heterocycles. The minimum absolute atomic E-state index is 0.133. The molecule has 0 unspecified atom stereocenters. The first-order valence-electron chi connectivity index (χ1n) is 5.89. The predicted molar refractivity (Wildman–Crippen MR) is 69.9 cm³/mol. The van der Waals surface area contributed by atoms with E-state index in [2.05, 4.69) is 10.6 Å². The van der Waals surface area contributed by atoms with Crippen LogP contribution in [0.3, 0.4) is 0 Å². The number of carboxylic acids is 1. The summed E-state index contributed by atoms with van der Waals surface area (Å²) in [6.07, 6.45) is 0.972. The molecule has 0 aliphatic rings. The molecular weight excluding hydrogens is 232 g/mol. The fraction of sp³-hybridized carbons (Fsp3) is 0.385. The van der Waals surface area contributed by atoms with Crippen LogP contribution in [0.1, 0.15) is 29.3 Å². The molecule has 5 heteroatoms. The van der Waals surface area contributed by atoms with Gasteiger partial charge in [-0.05, 0) is 43.7 Å². The molecule has 0 spiro atoms.